The van der Waals surface area contributed by atoms with Crippen LogP contribution in [-0.4, -0.2) is 65.3 Å². The zero-order valence-corrected chi connectivity index (χ0v) is 16.5. The van der Waals surface area contributed by atoms with Gasteiger partial charge in [0.1, 0.15) is 11.6 Å². The zero-order valence-electron chi connectivity index (χ0n) is 16.5. The average molecular weight is 381 g/mol. The summed E-state index contributed by atoms with van der Waals surface area (Å²) in [6.45, 7) is 6.31. The van der Waals surface area contributed by atoms with Gasteiger partial charge in [0.25, 0.3) is 0 Å². The van der Waals surface area contributed by atoms with Crippen LogP contribution in [0.15, 0.2) is 24.7 Å². The molecule has 5 rings (SSSR count). The summed E-state index contributed by atoms with van der Waals surface area (Å²) in [5, 5.41) is 13.5. The molecule has 2 aliphatic rings. The van der Waals surface area contributed by atoms with E-state index in [2.05, 4.69) is 41.7 Å². The number of nitrogens with zero attached hydrogens (tertiary/aromatic N) is 8. The molecule has 8 heteroatoms. The highest BCUT2D eigenvalue weighted by Gasteiger charge is 2.27. The van der Waals surface area contributed by atoms with Crippen LogP contribution in [0.2, 0.25) is 0 Å². The van der Waals surface area contributed by atoms with Crippen LogP contribution in [0, 0.1) is 0 Å². The van der Waals surface area contributed by atoms with E-state index in [9.17, 15) is 0 Å². The molecule has 0 saturated carbocycles. The third-order valence-corrected chi connectivity index (χ3v) is 6.18. The molecule has 0 amide bonds. The van der Waals surface area contributed by atoms with E-state index >= 15 is 0 Å². The number of likely N-dealkylation sites (tertiary alicyclic amines) is 2. The van der Waals surface area contributed by atoms with Gasteiger partial charge < -0.3 is 4.57 Å². The van der Waals surface area contributed by atoms with Gasteiger partial charge in [0.15, 0.2) is 5.65 Å². The Morgan fingerprint density at radius 1 is 1.04 bits per heavy atom. The van der Waals surface area contributed by atoms with Crippen molar-refractivity contribution in [1.82, 2.24) is 39.2 Å². The molecule has 3 aromatic rings. The van der Waals surface area contributed by atoms with Crippen molar-refractivity contribution in [3.8, 4) is 0 Å². The molecular weight excluding hydrogens is 352 g/mol. The van der Waals surface area contributed by atoms with Crippen LogP contribution in [-0.2, 0) is 20.1 Å². The summed E-state index contributed by atoms with van der Waals surface area (Å²) >= 11 is 0. The first-order valence-electron chi connectivity index (χ1n) is 10.4. The van der Waals surface area contributed by atoms with Gasteiger partial charge in [0.2, 0.25) is 0 Å². The summed E-state index contributed by atoms with van der Waals surface area (Å²) in [7, 11) is 2.13. The Balaban J connectivity index is 1.28. The first-order chi connectivity index (χ1) is 13.8. The van der Waals surface area contributed by atoms with Gasteiger partial charge in [0.05, 0.1) is 12.7 Å². The first kappa shape index (κ1) is 17.8. The summed E-state index contributed by atoms with van der Waals surface area (Å²) < 4.78 is 4.09. The van der Waals surface area contributed by atoms with E-state index in [1.165, 1.54) is 44.3 Å². The smallest absolute Gasteiger partial charge is 0.159 e. The van der Waals surface area contributed by atoms with Crippen molar-refractivity contribution in [2.24, 2.45) is 7.05 Å². The minimum Gasteiger partial charge on any atom is -0.317 e. The SMILES string of the molecule is Cn1c(CN2CCCC2)nnc1[C@@H]1CCCN(Cc2cnn3cccnc23)C1. The number of fused-ring (bicyclic) bond motifs is 1. The molecule has 0 bridgehead atoms. The lowest BCUT2D eigenvalue weighted by molar-refractivity contribution is 0.195. The normalized spacial score (nSPS) is 21.7. The fourth-order valence-corrected chi connectivity index (χ4v) is 4.65. The molecule has 0 N–H and O–H groups in total. The van der Waals surface area contributed by atoms with Crippen LogP contribution in [0.5, 0.6) is 0 Å². The highest BCUT2D eigenvalue weighted by atomic mass is 15.3. The molecule has 2 saturated heterocycles. The molecule has 5 heterocycles. The molecule has 28 heavy (non-hydrogen) atoms. The third kappa shape index (κ3) is 3.42. The largest absolute Gasteiger partial charge is 0.317 e. The number of aromatic nitrogens is 6. The van der Waals surface area contributed by atoms with E-state index in [1.807, 2.05) is 29.2 Å². The average Bonchev–Trinajstić information content (AvgIpc) is 3.45. The van der Waals surface area contributed by atoms with Crippen molar-refractivity contribution < 1.29 is 0 Å². The van der Waals surface area contributed by atoms with Crippen molar-refractivity contribution in [2.75, 3.05) is 26.2 Å². The number of hydrogen-bond donors (Lipinski definition) is 0. The molecule has 3 aromatic heterocycles. The van der Waals surface area contributed by atoms with Crippen molar-refractivity contribution in [1.29, 1.82) is 0 Å². The number of hydrogen-bond acceptors (Lipinski definition) is 6. The molecule has 2 fully saturated rings. The molecule has 2 aliphatic heterocycles. The van der Waals surface area contributed by atoms with Gasteiger partial charge in [-0.05, 0) is 51.4 Å². The Hall–Kier alpha value is -2.32. The zero-order chi connectivity index (χ0) is 18.9. The summed E-state index contributed by atoms with van der Waals surface area (Å²) in [4.78, 5) is 9.49. The Morgan fingerprint density at radius 2 is 1.89 bits per heavy atom. The first-order valence-corrected chi connectivity index (χ1v) is 10.4. The van der Waals surface area contributed by atoms with Crippen LogP contribution in [0.1, 0.15) is 48.8 Å². The van der Waals surface area contributed by atoms with E-state index < -0.39 is 0 Å². The fraction of sp³-hybridized carbons (Fsp3) is 0.600. The predicted molar refractivity (Wildman–Crippen MR) is 106 cm³/mol. The Labute approximate surface area is 165 Å². The quantitative estimate of drug-likeness (QED) is 0.673. The van der Waals surface area contributed by atoms with Crippen LogP contribution < -0.4 is 0 Å². The van der Waals surface area contributed by atoms with Gasteiger partial charge in [-0.3, -0.25) is 9.80 Å². The minimum atomic E-state index is 0.438. The Morgan fingerprint density at radius 3 is 2.79 bits per heavy atom. The molecule has 1 atom stereocenters. The van der Waals surface area contributed by atoms with E-state index in [1.54, 1.807) is 0 Å². The second-order valence-electron chi connectivity index (χ2n) is 8.15. The standard InChI is InChI=1S/C20H28N8/c1-25-18(15-26-8-2-3-9-26)23-24-20(25)16-6-4-10-27(13-16)14-17-12-22-28-11-5-7-21-19(17)28/h5,7,11-12,16H,2-4,6,8-10,13-15H2,1H3/t16-/m1/s1. The number of rotatable bonds is 5. The maximum atomic E-state index is 4.59. The maximum absolute atomic E-state index is 4.59. The lowest BCUT2D eigenvalue weighted by atomic mass is 9.97. The van der Waals surface area contributed by atoms with Crippen LogP contribution in [0.4, 0.5) is 0 Å². The minimum absolute atomic E-state index is 0.438. The van der Waals surface area contributed by atoms with Crippen molar-refractivity contribution in [3.63, 3.8) is 0 Å². The molecule has 148 valence electrons. The summed E-state index contributed by atoms with van der Waals surface area (Å²) in [5.41, 5.74) is 2.14. The van der Waals surface area contributed by atoms with Crippen molar-refractivity contribution in [3.05, 3.63) is 41.9 Å². The molecule has 0 unspecified atom stereocenters. The highest BCUT2D eigenvalue weighted by Crippen LogP contribution is 2.27. The maximum Gasteiger partial charge on any atom is 0.159 e. The van der Waals surface area contributed by atoms with Gasteiger partial charge in [-0.25, -0.2) is 9.50 Å². The van der Waals surface area contributed by atoms with Crippen molar-refractivity contribution in [2.45, 2.75) is 44.7 Å². The Kier molecular flexibility index (Phi) is 4.82. The van der Waals surface area contributed by atoms with Gasteiger partial charge in [-0.1, -0.05) is 0 Å². The lowest BCUT2D eigenvalue weighted by Gasteiger charge is -2.31. The molecular formula is C20H28N8. The summed E-state index contributed by atoms with van der Waals surface area (Å²) in [6.07, 6.45) is 10.7. The molecule has 0 spiro atoms. The predicted octanol–water partition coefficient (Wildman–Crippen LogP) is 1.83. The van der Waals surface area contributed by atoms with Gasteiger partial charge in [-0.2, -0.15) is 5.10 Å². The van der Waals surface area contributed by atoms with E-state index in [0.29, 0.717) is 5.92 Å². The van der Waals surface area contributed by atoms with E-state index in [0.717, 1.165) is 43.5 Å². The van der Waals surface area contributed by atoms with Crippen LogP contribution >= 0.6 is 0 Å². The van der Waals surface area contributed by atoms with Crippen molar-refractivity contribution >= 4 is 5.65 Å². The van der Waals surface area contributed by atoms with Crippen LogP contribution in [0.25, 0.3) is 5.65 Å². The second-order valence-corrected chi connectivity index (χ2v) is 8.15. The lowest BCUT2D eigenvalue weighted by Crippen LogP contribution is -2.35. The topological polar surface area (TPSA) is 67.4 Å². The third-order valence-electron chi connectivity index (χ3n) is 6.18. The van der Waals surface area contributed by atoms with Crippen LogP contribution in [0.3, 0.4) is 0 Å². The summed E-state index contributed by atoms with van der Waals surface area (Å²) in [5.74, 6) is 2.67. The molecule has 0 radical (unpaired) electrons. The number of piperidine rings is 1. The summed E-state index contributed by atoms with van der Waals surface area (Å²) in [6, 6.07) is 1.91. The fourth-order valence-electron chi connectivity index (χ4n) is 4.65. The highest BCUT2D eigenvalue weighted by molar-refractivity contribution is 5.45. The molecule has 0 aliphatic carbocycles. The molecule has 8 nitrogen and oxygen atoms in total. The van der Waals surface area contributed by atoms with Gasteiger partial charge in [-0.15, -0.1) is 10.2 Å². The van der Waals surface area contributed by atoms with Gasteiger partial charge in [0, 0.05) is 44.0 Å². The monoisotopic (exact) mass is 380 g/mol. The second kappa shape index (κ2) is 7.60. The van der Waals surface area contributed by atoms with E-state index in [4.69, 9.17) is 0 Å². The Bertz CT molecular complexity index is 939. The molecule has 0 aromatic carbocycles. The van der Waals surface area contributed by atoms with E-state index in [-0.39, 0.29) is 0 Å². The van der Waals surface area contributed by atoms with Gasteiger partial charge >= 0.3 is 0 Å².